The summed E-state index contributed by atoms with van der Waals surface area (Å²) in [4.78, 5) is 8.46. The van der Waals surface area contributed by atoms with Gasteiger partial charge in [-0.1, -0.05) is 0 Å². The predicted molar refractivity (Wildman–Crippen MR) is 75.0 cm³/mol. The molecule has 4 nitrogen and oxygen atoms in total. The molecule has 4 heteroatoms. The van der Waals surface area contributed by atoms with E-state index >= 15 is 0 Å². The maximum Gasteiger partial charge on any atom is 0.128 e. The average molecular weight is 257 g/mol. The van der Waals surface area contributed by atoms with Crippen LogP contribution in [0.4, 0.5) is 0 Å². The zero-order valence-corrected chi connectivity index (χ0v) is 11.6. The molecule has 1 N–H and O–H groups in total. The monoisotopic (exact) mass is 257 g/mol. The van der Waals surface area contributed by atoms with E-state index in [4.69, 9.17) is 4.74 Å². The molecule has 0 fully saturated rings. The Labute approximate surface area is 113 Å². The first-order valence-electron chi connectivity index (χ1n) is 6.31. The number of hydrogen-bond acceptors (Lipinski definition) is 4. The lowest BCUT2D eigenvalue weighted by Gasteiger charge is -2.12. The van der Waals surface area contributed by atoms with Crippen LogP contribution in [0.5, 0.6) is 5.75 Å². The number of aryl methyl sites for hydroxylation is 1. The minimum Gasteiger partial charge on any atom is -0.496 e. The largest absolute Gasteiger partial charge is 0.496 e. The minimum atomic E-state index is 0.727. The number of rotatable bonds is 5. The third kappa shape index (κ3) is 3.29. The third-order valence-electron chi connectivity index (χ3n) is 3.12. The van der Waals surface area contributed by atoms with Crippen molar-refractivity contribution in [1.29, 1.82) is 0 Å². The van der Waals surface area contributed by atoms with Crippen LogP contribution in [0.2, 0.25) is 0 Å². The summed E-state index contributed by atoms with van der Waals surface area (Å²) in [5.74, 6) is 0.927. The van der Waals surface area contributed by atoms with E-state index in [2.05, 4.69) is 15.3 Å². The molecule has 2 aromatic rings. The smallest absolute Gasteiger partial charge is 0.128 e. The summed E-state index contributed by atoms with van der Waals surface area (Å²) < 4.78 is 5.40. The SMILES string of the molecule is COc1c(C)cnc(CNCc2ccncc2)c1C. The highest BCUT2D eigenvalue weighted by Gasteiger charge is 2.08. The van der Waals surface area contributed by atoms with Gasteiger partial charge in [0.2, 0.25) is 0 Å². The van der Waals surface area contributed by atoms with Gasteiger partial charge < -0.3 is 10.1 Å². The van der Waals surface area contributed by atoms with Crippen LogP contribution in [0, 0.1) is 13.8 Å². The van der Waals surface area contributed by atoms with Crippen molar-refractivity contribution in [2.24, 2.45) is 0 Å². The van der Waals surface area contributed by atoms with Gasteiger partial charge in [0.05, 0.1) is 12.8 Å². The van der Waals surface area contributed by atoms with Gasteiger partial charge in [-0.05, 0) is 31.5 Å². The maximum absolute atomic E-state index is 5.40. The fourth-order valence-electron chi connectivity index (χ4n) is 2.08. The van der Waals surface area contributed by atoms with E-state index in [1.54, 1.807) is 19.5 Å². The highest BCUT2D eigenvalue weighted by atomic mass is 16.5. The van der Waals surface area contributed by atoms with E-state index in [9.17, 15) is 0 Å². The van der Waals surface area contributed by atoms with Crippen LogP contribution in [0.25, 0.3) is 0 Å². The molecule has 0 atom stereocenters. The number of ether oxygens (including phenoxy) is 1. The van der Waals surface area contributed by atoms with Crippen molar-refractivity contribution in [1.82, 2.24) is 15.3 Å². The van der Waals surface area contributed by atoms with Crippen molar-refractivity contribution < 1.29 is 4.74 Å². The van der Waals surface area contributed by atoms with Gasteiger partial charge in [-0.2, -0.15) is 0 Å². The Hall–Kier alpha value is -1.94. The van der Waals surface area contributed by atoms with E-state index < -0.39 is 0 Å². The van der Waals surface area contributed by atoms with E-state index in [1.807, 2.05) is 32.2 Å². The second-order valence-electron chi connectivity index (χ2n) is 4.51. The molecule has 19 heavy (non-hydrogen) atoms. The highest BCUT2D eigenvalue weighted by Crippen LogP contribution is 2.23. The molecule has 0 aliphatic carbocycles. The number of nitrogens with zero attached hydrogens (tertiary/aromatic N) is 2. The third-order valence-corrected chi connectivity index (χ3v) is 3.12. The lowest BCUT2D eigenvalue weighted by Crippen LogP contribution is -2.15. The van der Waals surface area contributed by atoms with Crippen LogP contribution in [0.15, 0.2) is 30.7 Å². The van der Waals surface area contributed by atoms with E-state index in [0.717, 1.165) is 35.7 Å². The quantitative estimate of drug-likeness (QED) is 0.893. The van der Waals surface area contributed by atoms with Gasteiger partial charge in [-0.15, -0.1) is 0 Å². The fourth-order valence-corrected chi connectivity index (χ4v) is 2.08. The highest BCUT2D eigenvalue weighted by molar-refractivity contribution is 5.41. The molecule has 2 heterocycles. The predicted octanol–water partition coefficient (Wildman–Crippen LogP) is 2.39. The Morgan fingerprint density at radius 3 is 2.58 bits per heavy atom. The molecular formula is C15H19N3O. The molecule has 0 aromatic carbocycles. The second kappa shape index (κ2) is 6.29. The van der Waals surface area contributed by atoms with Crippen LogP contribution in [-0.2, 0) is 13.1 Å². The minimum absolute atomic E-state index is 0.727. The lowest BCUT2D eigenvalue weighted by molar-refractivity contribution is 0.406. The molecule has 0 amide bonds. The first-order valence-corrected chi connectivity index (χ1v) is 6.31. The molecule has 100 valence electrons. The standard InChI is InChI=1S/C15H19N3O/c1-11-8-18-14(12(2)15(11)19-3)10-17-9-13-4-6-16-7-5-13/h4-8,17H,9-10H2,1-3H3. The molecule has 0 aliphatic heterocycles. The zero-order chi connectivity index (χ0) is 13.7. The summed E-state index contributed by atoms with van der Waals surface area (Å²) in [6.45, 7) is 5.58. The van der Waals surface area contributed by atoms with Crippen molar-refractivity contribution in [3.05, 3.63) is 53.1 Å². The lowest BCUT2D eigenvalue weighted by atomic mass is 10.1. The molecule has 0 saturated heterocycles. The van der Waals surface area contributed by atoms with Crippen LogP contribution < -0.4 is 10.1 Å². The summed E-state index contributed by atoms with van der Waals surface area (Å²) in [5, 5.41) is 3.38. The first-order chi connectivity index (χ1) is 9.22. The van der Waals surface area contributed by atoms with Crippen LogP contribution >= 0.6 is 0 Å². The number of pyridine rings is 2. The molecule has 0 bridgehead atoms. The van der Waals surface area contributed by atoms with Gasteiger partial charge in [-0.3, -0.25) is 9.97 Å². The summed E-state index contributed by atoms with van der Waals surface area (Å²) in [6, 6.07) is 4.01. The molecular weight excluding hydrogens is 238 g/mol. The first kappa shape index (κ1) is 13.5. The number of nitrogens with one attached hydrogen (secondary N) is 1. The molecule has 0 spiro atoms. The van der Waals surface area contributed by atoms with E-state index in [1.165, 1.54) is 5.56 Å². The summed E-state index contributed by atoms with van der Waals surface area (Å²) in [7, 11) is 1.70. The van der Waals surface area contributed by atoms with Crippen LogP contribution in [-0.4, -0.2) is 17.1 Å². The molecule has 2 aromatic heterocycles. The maximum atomic E-state index is 5.40. The van der Waals surface area contributed by atoms with Gasteiger partial charge >= 0.3 is 0 Å². The van der Waals surface area contributed by atoms with Crippen molar-refractivity contribution in [2.45, 2.75) is 26.9 Å². The summed E-state index contributed by atoms with van der Waals surface area (Å²) >= 11 is 0. The van der Waals surface area contributed by atoms with Gasteiger partial charge in [0.15, 0.2) is 0 Å². The Balaban J connectivity index is 2.00. The van der Waals surface area contributed by atoms with Crippen LogP contribution in [0.3, 0.4) is 0 Å². The fraction of sp³-hybridized carbons (Fsp3) is 0.333. The Kier molecular flexibility index (Phi) is 4.47. The average Bonchev–Trinajstić information content (AvgIpc) is 2.43. The zero-order valence-electron chi connectivity index (χ0n) is 11.6. The molecule has 2 rings (SSSR count). The number of hydrogen-bond donors (Lipinski definition) is 1. The summed E-state index contributed by atoms with van der Waals surface area (Å²) in [5.41, 5.74) is 4.41. The molecule has 0 unspecified atom stereocenters. The van der Waals surface area contributed by atoms with Gasteiger partial charge in [0, 0.05) is 42.8 Å². The number of aromatic nitrogens is 2. The Morgan fingerprint density at radius 2 is 1.89 bits per heavy atom. The van der Waals surface area contributed by atoms with Crippen molar-refractivity contribution in [3.8, 4) is 5.75 Å². The van der Waals surface area contributed by atoms with Crippen molar-refractivity contribution in [2.75, 3.05) is 7.11 Å². The van der Waals surface area contributed by atoms with Gasteiger partial charge in [0.25, 0.3) is 0 Å². The number of methoxy groups -OCH3 is 1. The van der Waals surface area contributed by atoms with Crippen molar-refractivity contribution in [3.63, 3.8) is 0 Å². The van der Waals surface area contributed by atoms with Gasteiger partial charge in [0.1, 0.15) is 5.75 Å². The van der Waals surface area contributed by atoms with Gasteiger partial charge in [-0.25, -0.2) is 0 Å². The molecule has 0 saturated carbocycles. The topological polar surface area (TPSA) is 47.0 Å². The molecule has 0 aliphatic rings. The normalized spacial score (nSPS) is 10.5. The second-order valence-corrected chi connectivity index (χ2v) is 4.51. The van der Waals surface area contributed by atoms with Crippen LogP contribution in [0.1, 0.15) is 22.4 Å². The molecule has 0 radical (unpaired) electrons. The van der Waals surface area contributed by atoms with Crippen molar-refractivity contribution >= 4 is 0 Å². The van der Waals surface area contributed by atoms with E-state index in [-0.39, 0.29) is 0 Å². The Morgan fingerprint density at radius 1 is 1.16 bits per heavy atom. The summed E-state index contributed by atoms with van der Waals surface area (Å²) in [6.07, 6.45) is 5.46. The van der Waals surface area contributed by atoms with E-state index in [0.29, 0.717) is 0 Å². The Bertz CT molecular complexity index is 541.